The van der Waals surface area contributed by atoms with Crippen LogP contribution in [-0.4, -0.2) is 22.0 Å². The molecular formula is C21H32N4O3S. The van der Waals surface area contributed by atoms with Crippen LogP contribution in [0.25, 0.3) is 0 Å². The smallest absolute Gasteiger partial charge is 0.330 e. The van der Waals surface area contributed by atoms with E-state index < -0.39 is 11.2 Å². The van der Waals surface area contributed by atoms with Gasteiger partial charge in [0.05, 0.1) is 0 Å². The van der Waals surface area contributed by atoms with Gasteiger partial charge in [0, 0.05) is 24.4 Å². The number of rotatable bonds is 11. The molecule has 0 bridgehead atoms. The Labute approximate surface area is 175 Å². The van der Waals surface area contributed by atoms with Crippen molar-refractivity contribution < 1.29 is 4.79 Å². The number of carbonyl (C=O) groups is 1. The summed E-state index contributed by atoms with van der Waals surface area (Å²) in [6.07, 6.45) is 4.23. The van der Waals surface area contributed by atoms with Gasteiger partial charge in [-0.3, -0.25) is 19.1 Å². The molecule has 0 aliphatic carbocycles. The Morgan fingerprint density at radius 1 is 1.31 bits per heavy atom. The number of aromatic amines is 1. The molecular weight excluding hydrogens is 388 g/mol. The molecule has 8 heteroatoms. The van der Waals surface area contributed by atoms with E-state index in [-0.39, 0.29) is 17.4 Å². The molecule has 0 radical (unpaired) electrons. The molecule has 160 valence electrons. The van der Waals surface area contributed by atoms with Crippen LogP contribution in [0.2, 0.25) is 0 Å². The second kappa shape index (κ2) is 11.0. The van der Waals surface area contributed by atoms with Crippen molar-refractivity contribution in [2.75, 3.05) is 17.2 Å². The maximum absolute atomic E-state index is 13.0. The summed E-state index contributed by atoms with van der Waals surface area (Å²) >= 11 is 1.67. The first-order chi connectivity index (χ1) is 13.8. The van der Waals surface area contributed by atoms with Gasteiger partial charge in [-0.25, -0.2) is 4.79 Å². The first-order valence-corrected chi connectivity index (χ1v) is 11.2. The van der Waals surface area contributed by atoms with E-state index in [1.165, 1.54) is 14.3 Å². The van der Waals surface area contributed by atoms with E-state index in [2.05, 4.69) is 24.9 Å². The molecule has 2 aromatic rings. The fraction of sp³-hybridized carbons (Fsp3) is 0.571. The summed E-state index contributed by atoms with van der Waals surface area (Å²) in [5.74, 6) is 0.297. The van der Waals surface area contributed by atoms with Gasteiger partial charge >= 0.3 is 5.69 Å². The minimum Gasteiger partial charge on any atom is -0.383 e. The van der Waals surface area contributed by atoms with Crippen LogP contribution in [-0.2, 0) is 17.8 Å². The number of unbranched alkanes of at least 4 members (excludes halogenated alkanes) is 1. The van der Waals surface area contributed by atoms with E-state index in [9.17, 15) is 14.4 Å². The van der Waals surface area contributed by atoms with Gasteiger partial charge in [-0.2, -0.15) is 0 Å². The van der Waals surface area contributed by atoms with E-state index in [0.29, 0.717) is 31.8 Å². The van der Waals surface area contributed by atoms with Gasteiger partial charge < -0.3 is 10.6 Å². The molecule has 2 rings (SSSR count). The highest BCUT2D eigenvalue weighted by Crippen LogP contribution is 2.21. The van der Waals surface area contributed by atoms with Crippen molar-refractivity contribution in [2.24, 2.45) is 5.92 Å². The third kappa shape index (κ3) is 6.32. The lowest BCUT2D eigenvalue weighted by molar-refractivity contribution is -0.118. The van der Waals surface area contributed by atoms with Crippen LogP contribution in [0.5, 0.6) is 0 Å². The van der Waals surface area contributed by atoms with Gasteiger partial charge in [-0.1, -0.05) is 33.3 Å². The second-order valence-electron chi connectivity index (χ2n) is 7.66. The van der Waals surface area contributed by atoms with Crippen LogP contribution < -0.4 is 21.9 Å². The Morgan fingerprint density at radius 2 is 2.07 bits per heavy atom. The monoisotopic (exact) mass is 420 g/mol. The Bertz CT molecular complexity index is 900. The van der Waals surface area contributed by atoms with Crippen molar-refractivity contribution in [3.8, 4) is 0 Å². The summed E-state index contributed by atoms with van der Waals surface area (Å²) in [6, 6.07) is 4.05. The number of nitrogens with one attached hydrogen (secondary N) is 1. The number of aromatic nitrogens is 2. The van der Waals surface area contributed by atoms with Crippen LogP contribution in [0.3, 0.4) is 0 Å². The van der Waals surface area contributed by atoms with Gasteiger partial charge in [0.1, 0.15) is 5.82 Å². The standard InChI is InChI=1S/C21H32N4O3S/c1-4-5-12-25-19(22)18(20(27)23-21(25)28)24(13-11-15(2)3)17(26)10-6-8-16-9-7-14-29-16/h7,9,14-15H,4-6,8,10-13,22H2,1-3H3,(H,23,27,28). The minimum atomic E-state index is -0.601. The highest BCUT2D eigenvalue weighted by Gasteiger charge is 2.24. The van der Waals surface area contributed by atoms with Gasteiger partial charge in [-0.15, -0.1) is 11.3 Å². The number of nitrogen functional groups attached to an aromatic ring is 1. The van der Waals surface area contributed by atoms with Crippen LogP contribution in [0.1, 0.15) is 57.8 Å². The van der Waals surface area contributed by atoms with Crippen molar-refractivity contribution in [2.45, 2.75) is 65.8 Å². The van der Waals surface area contributed by atoms with Crippen molar-refractivity contribution >= 4 is 28.7 Å². The highest BCUT2D eigenvalue weighted by molar-refractivity contribution is 7.09. The Kier molecular flexibility index (Phi) is 8.70. The number of hydrogen-bond donors (Lipinski definition) is 2. The Balaban J connectivity index is 2.29. The number of amides is 1. The second-order valence-corrected chi connectivity index (χ2v) is 8.69. The number of nitrogens with two attached hydrogens (primary N) is 1. The molecule has 0 spiro atoms. The van der Waals surface area contributed by atoms with Gasteiger partial charge in [0.15, 0.2) is 5.69 Å². The SMILES string of the molecule is CCCCn1c(N)c(N(CCC(C)C)C(=O)CCCc2cccs2)c(=O)[nH]c1=O. The first kappa shape index (κ1) is 22.9. The lowest BCUT2D eigenvalue weighted by Gasteiger charge is -2.25. The molecule has 7 nitrogen and oxygen atoms in total. The lowest BCUT2D eigenvalue weighted by Crippen LogP contribution is -2.42. The zero-order valence-electron chi connectivity index (χ0n) is 17.6. The summed E-state index contributed by atoms with van der Waals surface area (Å²) in [6.45, 7) is 6.95. The number of aryl methyl sites for hydroxylation is 1. The molecule has 0 saturated heterocycles. The predicted molar refractivity (Wildman–Crippen MR) is 120 cm³/mol. The van der Waals surface area contributed by atoms with Gasteiger partial charge in [0.25, 0.3) is 5.56 Å². The first-order valence-electron chi connectivity index (χ1n) is 10.3. The third-order valence-corrected chi connectivity index (χ3v) is 5.78. The number of hydrogen-bond acceptors (Lipinski definition) is 5. The highest BCUT2D eigenvalue weighted by atomic mass is 32.1. The summed E-state index contributed by atoms with van der Waals surface area (Å²) in [5.41, 5.74) is 5.20. The number of nitrogens with zero attached hydrogens (tertiary/aromatic N) is 2. The number of H-pyrrole nitrogens is 1. The lowest BCUT2D eigenvalue weighted by atomic mass is 10.1. The maximum Gasteiger partial charge on any atom is 0.330 e. The van der Waals surface area contributed by atoms with Crippen molar-refractivity contribution in [3.63, 3.8) is 0 Å². The predicted octanol–water partition coefficient (Wildman–Crippen LogP) is 3.38. The topological polar surface area (TPSA) is 101 Å². The van der Waals surface area contributed by atoms with Crippen molar-refractivity contribution in [1.82, 2.24) is 9.55 Å². The normalized spacial score (nSPS) is 11.2. The number of anilines is 2. The zero-order valence-corrected chi connectivity index (χ0v) is 18.4. The minimum absolute atomic E-state index is 0.0718. The van der Waals surface area contributed by atoms with Crippen LogP contribution in [0.4, 0.5) is 11.5 Å². The quantitative estimate of drug-likeness (QED) is 0.582. The summed E-state index contributed by atoms with van der Waals surface area (Å²) in [7, 11) is 0. The van der Waals surface area contributed by atoms with Gasteiger partial charge in [0.2, 0.25) is 5.91 Å². The molecule has 2 aromatic heterocycles. The summed E-state index contributed by atoms with van der Waals surface area (Å²) in [5, 5.41) is 2.02. The molecule has 0 aromatic carbocycles. The Morgan fingerprint density at radius 3 is 2.69 bits per heavy atom. The molecule has 2 heterocycles. The van der Waals surface area contributed by atoms with E-state index in [1.807, 2.05) is 18.4 Å². The van der Waals surface area contributed by atoms with E-state index >= 15 is 0 Å². The molecule has 0 aliphatic rings. The molecule has 0 fully saturated rings. The fourth-order valence-corrected chi connectivity index (χ4v) is 3.88. The molecule has 0 atom stereocenters. The number of thiophene rings is 1. The van der Waals surface area contributed by atoms with Gasteiger partial charge in [-0.05, 0) is 43.0 Å². The van der Waals surface area contributed by atoms with E-state index in [4.69, 9.17) is 5.73 Å². The molecule has 0 saturated carbocycles. The summed E-state index contributed by atoms with van der Waals surface area (Å²) < 4.78 is 1.36. The van der Waals surface area contributed by atoms with E-state index in [0.717, 1.165) is 25.7 Å². The average molecular weight is 421 g/mol. The maximum atomic E-state index is 13.0. The largest absolute Gasteiger partial charge is 0.383 e. The molecule has 3 N–H and O–H groups in total. The Hall–Kier alpha value is -2.35. The van der Waals surface area contributed by atoms with Crippen molar-refractivity contribution in [3.05, 3.63) is 43.2 Å². The van der Waals surface area contributed by atoms with Crippen LogP contribution >= 0.6 is 11.3 Å². The fourth-order valence-electron chi connectivity index (χ4n) is 3.13. The third-order valence-electron chi connectivity index (χ3n) is 4.84. The van der Waals surface area contributed by atoms with E-state index in [1.54, 1.807) is 11.3 Å². The summed E-state index contributed by atoms with van der Waals surface area (Å²) in [4.78, 5) is 42.9. The molecule has 1 amide bonds. The zero-order chi connectivity index (χ0) is 21.4. The average Bonchev–Trinajstić information content (AvgIpc) is 3.17. The molecule has 0 unspecified atom stereocenters. The van der Waals surface area contributed by atoms with Crippen molar-refractivity contribution in [1.29, 1.82) is 0 Å². The molecule has 0 aliphatic heterocycles. The number of carbonyl (C=O) groups excluding carboxylic acids is 1. The molecule has 29 heavy (non-hydrogen) atoms. The van der Waals surface area contributed by atoms with Crippen LogP contribution in [0, 0.1) is 5.92 Å². The van der Waals surface area contributed by atoms with Crippen LogP contribution in [0.15, 0.2) is 27.1 Å².